The minimum absolute atomic E-state index is 0.0132. The molecule has 1 aromatic carbocycles. The summed E-state index contributed by atoms with van der Waals surface area (Å²) in [6.45, 7) is 5.45. The molecule has 8 heteroatoms. The number of anilines is 1. The number of carbonyl (C=O) groups excluding carboxylic acids is 1. The Morgan fingerprint density at radius 3 is 2.76 bits per heavy atom. The van der Waals surface area contributed by atoms with Crippen LogP contribution in [0.5, 0.6) is 0 Å². The van der Waals surface area contributed by atoms with Crippen LogP contribution in [0.25, 0.3) is 21.3 Å². The van der Waals surface area contributed by atoms with Gasteiger partial charge in [-0.1, -0.05) is 23.5 Å². The Balaban J connectivity index is 1.44. The number of fused-ring (bicyclic) bond motifs is 1. The van der Waals surface area contributed by atoms with E-state index in [1.165, 1.54) is 0 Å². The van der Waals surface area contributed by atoms with Crippen molar-refractivity contribution in [2.75, 3.05) is 25.0 Å². The van der Waals surface area contributed by atoms with Crippen molar-refractivity contribution in [3.8, 4) is 10.6 Å². The second-order valence-corrected chi connectivity index (χ2v) is 8.78. The monoisotopic (exact) mass is 413 g/mol. The lowest BCUT2D eigenvalue weighted by Crippen LogP contribution is -2.40. The van der Waals surface area contributed by atoms with Gasteiger partial charge in [-0.05, 0) is 57.3 Å². The Morgan fingerprint density at radius 1 is 1.28 bits per heavy atom. The molecule has 0 saturated carbocycles. The Labute approximate surface area is 173 Å². The van der Waals surface area contributed by atoms with Gasteiger partial charge in [-0.15, -0.1) is 10.2 Å². The number of carbonyl (C=O) groups is 1. The molecular formula is C21H24FN5OS. The van der Waals surface area contributed by atoms with Crippen LogP contribution in [0.4, 0.5) is 10.2 Å². The highest BCUT2D eigenvalue weighted by Gasteiger charge is 2.25. The largest absolute Gasteiger partial charge is 0.310 e. The number of pyridine rings is 1. The van der Waals surface area contributed by atoms with Crippen LogP contribution in [-0.2, 0) is 4.79 Å². The fraction of sp³-hybridized carbons (Fsp3) is 0.429. The molecule has 2 aromatic heterocycles. The fourth-order valence-electron chi connectivity index (χ4n) is 3.72. The van der Waals surface area contributed by atoms with Crippen molar-refractivity contribution >= 4 is 33.8 Å². The first-order chi connectivity index (χ1) is 14.0. The van der Waals surface area contributed by atoms with E-state index in [0.29, 0.717) is 12.4 Å². The third-order valence-electron chi connectivity index (χ3n) is 5.21. The van der Waals surface area contributed by atoms with Crippen molar-refractivity contribution < 1.29 is 9.18 Å². The third-order valence-corrected chi connectivity index (χ3v) is 6.10. The zero-order chi connectivity index (χ0) is 20.4. The third kappa shape index (κ3) is 4.76. The SMILES string of the molecule is Cc1nnc(-c2ccc3cnc(NC(=O)C4CCN(C[C@@H](C)F)CC4)cc3c2)s1. The van der Waals surface area contributed by atoms with Crippen LogP contribution in [0.3, 0.4) is 0 Å². The van der Waals surface area contributed by atoms with E-state index >= 15 is 0 Å². The molecule has 29 heavy (non-hydrogen) atoms. The van der Waals surface area contributed by atoms with Crippen molar-refractivity contribution in [1.29, 1.82) is 0 Å². The quantitative estimate of drug-likeness (QED) is 0.683. The first-order valence-electron chi connectivity index (χ1n) is 9.85. The van der Waals surface area contributed by atoms with Crippen molar-refractivity contribution in [3.05, 3.63) is 35.5 Å². The van der Waals surface area contributed by atoms with Gasteiger partial charge in [0.2, 0.25) is 5.91 Å². The zero-order valence-electron chi connectivity index (χ0n) is 16.6. The minimum Gasteiger partial charge on any atom is -0.310 e. The van der Waals surface area contributed by atoms with E-state index in [1.807, 2.05) is 31.2 Å². The highest BCUT2D eigenvalue weighted by Crippen LogP contribution is 2.28. The smallest absolute Gasteiger partial charge is 0.228 e. The molecular weight excluding hydrogens is 389 g/mol. The molecule has 0 unspecified atom stereocenters. The van der Waals surface area contributed by atoms with Gasteiger partial charge in [-0.2, -0.15) is 0 Å². The number of amides is 1. The number of alkyl halides is 1. The number of nitrogens with zero attached hydrogens (tertiary/aromatic N) is 4. The molecule has 1 amide bonds. The number of hydrogen-bond donors (Lipinski definition) is 1. The summed E-state index contributed by atoms with van der Waals surface area (Å²) in [4.78, 5) is 19.1. The Morgan fingerprint density at radius 2 is 2.07 bits per heavy atom. The molecule has 0 bridgehead atoms. The first-order valence-corrected chi connectivity index (χ1v) is 10.7. The molecule has 1 fully saturated rings. The van der Waals surface area contributed by atoms with Gasteiger partial charge in [-0.3, -0.25) is 4.79 Å². The van der Waals surface area contributed by atoms with E-state index in [2.05, 4.69) is 25.4 Å². The molecule has 3 heterocycles. The van der Waals surface area contributed by atoms with E-state index in [-0.39, 0.29) is 11.8 Å². The van der Waals surface area contributed by atoms with Gasteiger partial charge in [0.1, 0.15) is 22.0 Å². The molecule has 4 rings (SSSR count). The summed E-state index contributed by atoms with van der Waals surface area (Å²) in [6, 6.07) is 7.95. The Bertz CT molecular complexity index is 1010. The topological polar surface area (TPSA) is 71.0 Å². The maximum absolute atomic E-state index is 13.2. The summed E-state index contributed by atoms with van der Waals surface area (Å²) in [5.41, 5.74) is 1.00. The van der Waals surface area contributed by atoms with E-state index in [9.17, 15) is 9.18 Å². The van der Waals surface area contributed by atoms with Crippen molar-refractivity contribution in [1.82, 2.24) is 20.1 Å². The molecule has 3 aromatic rings. The number of halogens is 1. The number of benzene rings is 1. The number of aryl methyl sites for hydroxylation is 1. The maximum Gasteiger partial charge on any atom is 0.228 e. The van der Waals surface area contributed by atoms with Crippen LogP contribution in [0, 0.1) is 12.8 Å². The van der Waals surface area contributed by atoms with Gasteiger partial charge in [0.05, 0.1) is 0 Å². The van der Waals surface area contributed by atoms with Crippen molar-refractivity contribution in [3.63, 3.8) is 0 Å². The highest BCUT2D eigenvalue weighted by atomic mass is 32.1. The van der Waals surface area contributed by atoms with Gasteiger partial charge in [0.25, 0.3) is 0 Å². The van der Waals surface area contributed by atoms with Gasteiger partial charge in [0.15, 0.2) is 0 Å². The number of likely N-dealkylation sites (tertiary alicyclic amines) is 1. The second-order valence-electron chi connectivity index (χ2n) is 7.60. The first kappa shape index (κ1) is 19.8. The Hall–Kier alpha value is -2.45. The molecule has 152 valence electrons. The van der Waals surface area contributed by atoms with Crippen LogP contribution in [0.15, 0.2) is 30.5 Å². The van der Waals surface area contributed by atoms with E-state index in [4.69, 9.17) is 0 Å². The molecule has 1 aliphatic rings. The molecule has 6 nitrogen and oxygen atoms in total. The van der Waals surface area contributed by atoms with Gasteiger partial charge in [0, 0.05) is 29.6 Å². The lowest BCUT2D eigenvalue weighted by molar-refractivity contribution is -0.121. The summed E-state index contributed by atoms with van der Waals surface area (Å²) < 4.78 is 13.2. The molecule has 0 aliphatic carbocycles. The van der Waals surface area contributed by atoms with E-state index < -0.39 is 6.17 Å². The van der Waals surface area contributed by atoms with Gasteiger partial charge < -0.3 is 10.2 Å². The lowest BCUT2D eigenvalue weighted by atomic mass is 9.95. The molecule has 1 saturated heterocycles. The number of hydrogen-bond acceptors (Lipinski definition) is 6. The highest BCUT2D eigenvalue weighted by molar-refractivity contribution is 7.14. The number of rotatable bonds is 5. The molecule has 1 aliphatic heterocycles. The zero-order valence-corrected chi connectivity index (χ0v) is 17.4. The predicted molar refractivity (Wildman–Crippen MR) is 114 cm³/mol. The Kier molecular flexibility index (Phi) is 5.82. The summed E-state index contributed by atoms with van der Waals surface area (Å²) in [6.07, 6.45) is 2.42. The van der Waals surface area contributed by atoms with Crippen LogP contribution in [0.2, 0.25) is 0 Å². The average Bonchev–Trinajstić information content (AvgIpc) is 3.14. The van der Waals surface area contributed by atoms with Crippen LogP contribution >= 0.6 is 11.3 Å². The predicted octanol–water partition coefficient (Wildman–Crippen LogP) is 4.07. The molecule has 0 radical (unpaired) electrons. The maximum atomic E-state index is 13.2. The fourth-order valence-corrected chi connectivity index (χ4v) is 4.41. The second kappa shape index (κ2) is 8.51. The van der Waals surface area contributed by atoms with E-state index in [1.54, 1.807) is 24.5 Å². The summed E-state index contributed by atoms with van der Waals surface area (Å²) >= 11 is 1.55. The van der Waals surface area contributed by atoms with Crippen molar-refractivity contribution in [2.45, 2.75) is 32.9 Å². The minimum atomic E-state index is -0.837. The normalized spacial score (nSPS) is 16.8. The summed E-state index contributed by atoms with van der Waals surface area (Å²) in [5.74, 6) is 0.475. The number of nitrogens with one attached hydrogen (secondary N) is 1. The van der Waals surface area contributed by atoms with Gasteiger partial charge in [-0.25, -0.2) is 9.37 Å². The summed E-state index contributed by atoms with van der Waals surface area (Å²) in [5, 5.41) is 15.0. The molecule has 1 atom stereocenters. The van der Waals surface area contributed by atoms with Crippen LogP contribution < -0.4 is 5.32 Å². The van der Waals surface area contributed by atoms with Crippen molar-refractivity contribution in [2.24, 2.45) is 5.92 Å². The van der Waals surface area contributed by atoms with Crippen LogP contribution in [-0.4, -0.2) is 51.8 Å². The molecule has 0 spiro atoms. The molecule has 1 N–H and O–H groups in total. The van der Waals surface area contributed by atoms with Crippen LogP contribution in [0.1, 0.15) is 24.8 Å². The lowest BCUT2D eigenvalue weighted by Gasteiger charge is -2.31. The average molecular weight is 414 g/mol. The van der Waals surface area contributed by atoms with E-state index in [0.717, 1.165) is 52.3 Å². The van der Waals surface area contributed by atoms with Gasteiger partial charge >= 0.3 is 0 Å². The summed E-state index contributed by atoms with van der Waals surface area (Å²) in [7, 11) is 0. The standard InChI is InChI=1S/C21H24FN5OS/c1-13(22)12-27-7-5-15(6-8-27)20(28)24-19-10-18-9-16(3-4-17(18)11-23-19)21-26-25-14(2)29-21/h3-4,9-11,13,15H,5-8,12H2,1-2H3,(H,23,24,28)/t13-/m1/s1. The number of aromatic nitrogens is 3. The number of piperidine rings is 1.